The van der Waals surface area contributed by atoms with Crippen LogP contribution in [-0.4, -0.2) is 39.2 Å². The maximum Gasteiger partial charge on any atom is 0.255 e. The number of rotatable bonds is 8. The lowest BCUT2D eigenvalue weighted by Crippen LogP contribution is -2.35. The Bertz CT molecular complexity index is 1200. The zero-order valence-electron chi connectivity index (χ0n) is 20.1. The van der Waals surface area contributed by atoms with E-state index < -0.39 is 10.6 Å². The van der Waals surface area contributed by atoms with E-state index in [0.717, 1.165) is 48.2 Å². The first-order chi connectivity index (χ1) is 16.9. The Balaban J connectivity index is 1.20. The van der Waals surface area contributed by atoms with Gasteiger partial charge < -0.3 is 15.4 Å². The predicted molar refractivity (Wildman–Crippen MR) is 144 cm³/mol. The molecule has 1 saturated heterocycles. The van der Waals surface area contributed by atoms with Crippen molar-refractivity contribution in [1.29, 1.82) is 0 Å². The number of fused-ring (bicyclic) bond motifs is 1. The van der Waals surface area contributed by atoms with Crippen LogP contribution in [0.1, 0.15) is 47.2 Å². The fourth-order valence-electron chi connectivity index (χ4n) is 4.57. The molecule has 0 spiro atoms. The van der Waals surface area contributed by atoms with Crippen LogP contribution in [0.4, 0.5) is 5.69 Å². The van der Waals surface area contributed by atoms with E-state index in [2.05, 4.69) is 35.8 Å². The molecule has 0 bridgehead atoms. The van der Waals surface area contributed by atoms with Gasteiger partial charge in [-0.2, -0.15) is 10.6 Å². The van der Waals surface area contributed by atoms with E-state index in [1.165, 1.54) is 24.0 Å². The maximum atomic E-state index is 12.7. The first-order valence-corrected chi connectivity index (χ1v) is 14.3. The fourth-order valence-corrected chi connectivity index (χ4v) is 6.10. The Morgan fingerprint density at radius 2 is 1.74 bits per heavy atom. The van der Waals surface area contributed by atoms with Crippen molar-refractivity contribution in [3.63, 3.8) is 0 Å². The summed E-state index contributed by atoms with van der Waals surface area (Å²) in [5.41, 5.74) is 3.82. The van der Waals surface area contributed by atoms with Gasteiger partial charge in [0.05, 0.1) is 6.61 Å². The van der Waals surface area contributed by atoms with Crippen LogP contribution >= 0.6 is 10.6 Å². The van der Waals surface area contributed by atoms with Gasteiger partial charge in [-0.05, 0) is 96.8 Å². The number of carbonyl (C=O) groups is 1. The van der Waals surface area contributed by atoms with E-state index in [4.69, 9.17) is 4.74 Å². The van der Waals surface area contributed by atoms with E-state index in [-0.39, 0.29) is 5.91 Å². The normalized spacial score (nSPS) is 18.8. The van der Waals surface area contributed by atoms with Crippen molar-refractivity contribution in [3.8, 4) is 5.75 Å². The number of hydrogen-bond acceptors (Lipinski definition) is 5. The number of aryl methyl sites for hydroxylation is 1. The van der Waals surface area contributed by atoms with Crippen molar-refractivity contribution in [2.24, 2.45) is 5.92 Å². The van der Waals surface area contributed by atoms with Gasteiger partial charge in [0.15, 0.2) is 0 Å². The average Bonchev–Trinajstić information content (AvgIpc) is 3.68. The molecular weight excluding hydrogens is 460 g/mol. The molecule has 0 unspecified atom stereocenters. The molecule has 3 aromatic carbocycles. The summed E-state index contributed by atoms with van der Waals surface area (Å²) < 4.78 is 25.4. The molecule has 0 radical (unpaired) electrons. The van der Waals surface area contributed by atoms with Gasteiger partial charge in [-0.25, -0.2) is 0 Å². The number of nitrogens with one attached hydrogen (secondary N) is 2. The van der Waals surface area contributed by atoms with Gasteiger partial charge in [-0.15, -0.1) is 0 Å². The highest BCUT2D eigenvalue weighted by Gasteiger charge is 2.24. The monoisotopic (exact) mass is 494 g/mol. The first-order valence-electron chi connectivity index (χ1n) is 12.4. The van der Waals surface area contributed by atoms with E-state index in [9.17, 15) is 13.9 Å². The first kappa shape index (κ1) is 24.1. The lowest BCUT2D eigenvalue weighted by molar-refractivity contribution is 0.102. The summed E-state index contributed by atoms with van der Waals surface area (Å²) in [5, 5.41) is 8.84. The van der Waals surface area contributed by atoms with Crippen molar-refractivity contribution < 1.29 is 18.6 Å². The molecule has 3 aromatic rings. The number of carbonyl (C=O) groups excluding carboxylic acids is 1. The second-order valence-electron chi connectivity index (χ2n) is 9.88. The maximum absolute atomic E-state index is 12.7. The van der Waals surface area contributed by atoms with Crippen LogP contribution in [0.5, 0.6) is 5.75 Å². The minimum Gasteiger partial charge on any atom is -0.493 e. The van der Waals surface area contributed by atoms with Crippen molar-refractivity contribution >= 4 is 33.0 Å². The summed E-state index contributed by atoms with van der Waals surface area (Å²) >= 11 is 0. The number of amides is 1. The van der Waals surface area contributed by atoms with Crippen LogP contribution in [0.3, 0.4) is 0 Å². The molecular formula is C28H34N2O4S. The van der Waals surface area contributed by atoms with Crippen LogP contribution in [0.15, 0.2) is 54.6 Å². The topological polar surface area (TPSA) is 90.8 Å². The SMILES string of the molecule is Cc1c(CNC2CCS(O)(O)CC2)ccc2cc(NC(=O)c3ccc(OCC4CC4)cc3)ccc12. The summed E-state index contributed by atoms with van der Waals surface area (Å²) in [6, 6.07) is 17.9. The second-order valence-corrected chi connectivity index (χ2v) is 12.3. The van der Waals surface area contributed by atoms with Crippen LogP contribution in [0, 0.1) is 12.8 Å². The van der Waals surface area contributed by atoms with Crippen molar-refractivity contribution in [3.05, 3.63) is 71.3 Å². The molecule has 1 aliphatic carbocycles. The standard InChI is InChI=1S/C28H34N2O4S/c1-19-23(17-29-24-12-14-35(32,33)15-13-24)5-4-22-16-25(8-11-27(19)22)30-28(31)21-6-9-26(10-7-21)34-18-20-2-3-20/h4-11,16,20,24,29,32-33H,2-3,12-15,17-18H2,1H3,(H,30,31). The zero-order valence-corrected chi connectivity index (χ0v) is 20.9. The van der Waals surface area contributed by atoms with Crippen LogP contribution in [0.25, 0.3) is 10.8 Å². The third-order valence-corrected chi connectivity index (χ3v) is 8.91. The minimum absolute atomic E-state index is 0.139. The summed E-state index contributed by atoms with van der Waals surface area (Å²) in [7, 11) is -2.35. The number of hydrogen-bond donors (Lipinski definition) is 4. The molecule has 1 amide bonds. The predicted octanol–water partition coefficient (Wildman–Crippen LogP) is 6.19. The smallest absolute Gasteiger partial charge is 0.255 e. The largest absolute Gasteiger partial charge is 0.493 e. The van der Waals surface area contributed by atoms with Gasteiger partial charge in [0, 0.05) is 35.3 Å². The highest BCUT2D eigenvalue weighted by Crippen LogP contribution is 2.43. The number of benzene rings is 3. The molecule has 6 nitrogen and oxygen atoms in total. The van der Waals surface area contributed by atoms with Crippen LogP contribution in [0.2, 0.25) is 0 Å². The lowest BCUT2D eigenvalue weighted by Gasteiger charge is -2.39. The third kappa shape index (κ3) is 6.16. The van der Waals surface area contributed by atoms with E-state index in [1.807, 2.05) is 24.3 Å². The summed E-state index contributed by atoms with van der Waals surface area (Å²) in [6.07, 6.45) is 4.10. The summed E-state index contributed by atoms with van der Waals surface area (Å²) in [4.78, 5) is 12.7. The molecule has 1 saturated carbocycles. The van der Waals surface area contributed by atoms with E-state index >= 15 is 0 Å². The highest BCUT2D eigenvalue weighted by molar-refractivity contribution is 8.24. The Kier molecular flexibility index (Phi) is 7.02. The molecule has 0 aromatic heterocycles. The van der Waals surface area contributed by atoms with Crippen molar-refractivity contribution in [2.45, 2.75) is 45.2 Å². The molecule has 5 rings (SSSR count). The van der Waals surface area contributed by atoms with Crippen LogP contribution < -0.4 is 15.4 Å². The molecule has 7 heteroatoms. The Morgan fingerprint density at radius 3 is 2.46 bits per heavy atom. The molecule has 0 atom stereocenters. The molecule has 2 fully saturated rings. The van der Waals surface area contributed by atoms with E-state index in [1.54, 1.807) is 12.1 Å². The quantitative estimate of drug-likeness (QED) is 0.300. The third-order valence-electron chi connectivity index (χ3n) is 7.13. The zero-order chi connectivity index (χ0) is 24.4. The molecule has 4 N–H and O–H groups in total. The van der Waals surface area contributed by atoms with Crippen LogP contribution in [-0.2, 0) is 6.54 Å². The van der Waals surface area contributed by atoms with Gasteiger partial charge in [0.1, 0.15) is 5.75 Å². The molecule has 186 valence electrons. The van der Waals surface area contributed by atoms with Gasteiger partial charge in [-0.3, -0.25) is 13.9 Å². The molecule has 35 heavy (non-hydrogen) atoms. The summed E-state index contributed by atoms with van der Waals surface area (Å²) in [5.74, 6) is 2.35. The second kappa shape index (κ2) is 10.2. The van der Waals surface area contributed by atoms with Crippen molar-refractivity contribution in [2.75, 3.05) is 23.4 Å². The van der Waals surface area contributed by atoms with Gasteiger partial charge in [-0.1, -0.05) is 18.2 Å². The molecule has 2 aliphatic rings. The molecule has 1 aliphatic heterocycles. The highest BCUT2D eigenvalue weighted by atomic mass is 32.3. The lowest BCUT2D eigenvalue weighted by atomic mass is 9.99. The summed E-state index contributed by atoms with van der Waals surface area (Å²) in [6.45, 7) is 3.64. The fraction of sp³-hybridized carbons (Fsp3) is 0.393. The number of ether oxygens (including phenoxy) is 1. The Hall–Kier alpha value is -2.58. The molecule has 1 heterocycles. The van der Waals surface area contributed by atoms with Gasteiger partial charge >= 0.3 is 0 Å². The Morgan fingerprint density at radius 1 is 1.00 bits per heavy atom. The number of anilines is 1. The Labute approximate surface area is 208 Å². The minimum atomic E-state index is -2.35. The van der Waals surface area contributed by atoms with E-state index in [0.29, 0.717) is 29.0 Å². The van der Waals surface area contributed by atoms with Crippen molar-refractivity contribution in [1.82, 2.24) is 5.32 Å². The van der Waals surface area contributed by atoms with Gasteiger partial charge in [0.25, 0.3) is 5.91 Å². The average molecular weight is 495 g/mol. The van der Waals surface area contributed by atoms with Gasteiger partial charge in [0.2, 0.25) is 0 Å².